The zero-order valence-corrected chi connectivity index (χ0v) is 23.8. The molecule has 2 fully saturated rings. The molecular weight excluding hydrogens is 523 g/mol. The first-order chi connectivity index (χ1) is 18.2. The van der Waals surface area contributed by atoms with Crippen molar-refractivity contribution < 1.29 is 17.6 Å². The topological polar surface area (TPSA) is 158 Å². The predicted molar refractivity (Wildman–Crippen MR) is 147 cm³/mol. The highest BCUT2D eigenvalue weighted by molar-refractivity contribution is 7.95. The quantitative estimate of drug-likeness (QED) is 0.398. The lowest BCUT2D eigenvalue weighted by Crippen LogP contribution is -2.68. The number of anilines is 2. The van der Waals surface area contributed by atoms with E-state index in [1.54, 1.807) is 4.90 Å². The molecule has 4 heterocycles. The second-order valence-corrected chi connectivity index (χ2v) is 13.7. The number of amidine groups is 1. The lowest BCUT2D eigenvalue weighted by atomic mass is 9.87. The average Bonchev–Trinajstić information content (AvgIpc) is 3.18. The maximum Gasteiger partial charge on any atom is 0.247 e. The number of hydrogen-bond acceptors (Lipinski definition) is 9. The summed E-state index contributed by atoms with van der Waals surface area (Å²) in [6.07, 6.45) is 3.41. The lowest BCUT2D eigenvalue weighted by Gasteiger charge is -2.49. The summed E-state index contributed by atoms with van der Waals surface area (Å²) in [5.74, 6) is 0.531. The molecule has 3 aliphatic heterocycles. The number of carbonyl (C=O) groups excluding carboxylic acids is 1. The fraction of sp³-hybridized carbons (Fsp3) is 0.615. The summed E-state index contributed by atoms with van der Waals surface area (Å²) < 4.78 is 36.8. The van der Waals surface area contributed by atoms with Crippen molar-refractivity contribution in [3.63, 3.8) is 0 Å². The van der Waals surface area contributed by atoms with Crippen molar-refractivity contribution in [2.45, 2.75) is 69.7 Å². The van der Waals surface area contributed by atoms with Crippen LogP contribution in [0.2, 0.25) is 0 Å². The lowest BCUT2D eigenvalue weighted by molar-refractivity contribution is -0.138. The van der Waals surface area contributed by atoms with Crippen LogP contribution in [0.25, 0.3) is 0 Å². The normalized spacial score (nSPS) is 27.4. The number of rotatable bonds is 6. The molecule has 1 aromatic heterocycles. The van der Waals surface area contributed by atoms with E-state index in [4.69, 9.17) is 16.1 Å². The standard InChI is InChI=1S/C26H35FN8O3S/c1-6-18(19(29)10-28)9-20(30)35-14-25(4,5)21-22(31-15-32-23(21)35)33-11-17(3)34(12-16(33)2)24(36)26(13-27)7-8-39(26,37)38/h9,15-17,29-30H,6-8,11-14H2,1-5H3/b18-9-,29-19?,30-20?/t16-,17+,26+/m0/s1. The molecule has 0 saturated carbocycles. The number of sulfone groups is 1. The molecule has 39 heavy (non-hydrogen) atoms. The fourth-order valence-electron chi connectivity index (χ4n) is 5.74. The fourth-order valence-corrected chi connectivity index (χ4v) is 7.32. The van der Waals surface area contributed by atoms with Crippen molar-refractivity contribution in [1.29, 1.82) is 16.1 Å². The highest BCUT2D eigenvalue weighted by atomic mass is 32.2. The van der Waals surface area contributed by atoms with Crippen LogP contribution in [0.3, 0.4) is 0 Å². The van der Waals surface area contributed by atoms with Gasteiger partial charge in [-0.2, -0.15) is 5.26 Å². The van der Waals surface area contributed by atoms with Crippen molar-refractivity contribution in [2.24, 2.45) is 0 Å². The Balaban J connectivity index is 1.65. The Hall–Kier alpha value is -3.40. The third-order valence-corrected chi connectivity index (χ3v) is 10.6. The second-order valence-electron chi connectivity index (χ2n) is 11.3. The van der Waals surface area contributed by atoms with Gasteiger partial charge in [0.2, 0.25) is 5.91 Å². The van der Waals surface area contributed by atoms with Crippen LogP contribution in [0.15, 0.2) is 18.0 Å². The molecule has 3 atom stereocenters. The minimum absolute atomic E-state index is 0.00339. The van der Waals surface area contributed by atoms with E-state index in [1.165, 1.54) is 17.3 Å². The summed E-state index contributed by atoms with van der Waals surface area (Å²) in [4.78, 5) is 27.8. The van der Waals surface area contributed by atoms with E-state index in [-0.39, 0.29) is 42.3 Å². The van der Waals surface area contributed by atoms with E-state index in [0.717, 1.165) is 5.56 Å². The molecule has 0 spiro atoms. The number of nitrogens with zero attached hydrogens (tertiary/aromatic N) is 6. The van der Waals surface area contributed by atoms with Crippen LogP contribution in [0.5, 0.6) is 0 Å². The molecule has 13 heteroatoms. The number of amides is 1. The van der Waals surface area contributed by atoms with Gasteiger partial charge in [-0.15, -0.1) is 0 Å². The first kappa shape index (κ1) is 28.6. The molecule has 210 valence electrons. The zero-order chi connectivity index (χ0) is 28.9. The molecule has 0 unspecified atom stereocenters. The highest BCUT2D eigenvalue weighted by Gasteiger charge is 2.60. The zero-order valence-electron chi connectivity index (χ0n) is 23.0. The summed E-state index contributed by atoms with van der Waals surface area (Å²) in [5, 5.41) is 25.7. The number of aromatic nitrogens is 2. The summed E-state index contributed by atoms with van der Waals surface area (Å²) in [6, 6.07) is 1.21. The molecule has 1 amide bonds. The smallest absolute Gasteiger partial charge is 0.247 e. The number of halogens is 1. The number of nitriles is 1. The van der Waals surface area contributed by atoms with Gasteiger partial charge in [-0.3, -0.25) is 15.6 Å². The van der Waals surface area contributed by atoms with Crippen LogP contribution >= 0.6 is 0 Å². The number of hydrogen-bond donors (Lipinski definition) is 2. The minimum atomic E-state index is -3.81. The van der Waals surface area contributed by atoms with E-state index < -0.39 is 32.6 Å². The molecule has 3 aliphatic rings. The molecule has 0 radical (unpaired) electrons. The minimum Gasteiger partial charge on any atom is -0.350 e. The van der Waals surface area contributed by atoms with E-state index in [9.17, 15) is 17.6 Å². The van der Waals surface area contributed by atoms with Gasteiger partial charge in [0.25, 0.3) is 0 Å². The monoisotopic (exact) mass is 558 g/mol. The Morgan fingerprint density at radius 1 is 1.23 bits per heavy atom. The van der Waals surface area contributed by atoms with Gasteiger partial charge in [0, 0.05) is 42.7 Å². The van der Waals surface area contributed by atoms with Gasteiger partial charge in [-0.05, 0) is 38.3 Å². The Kier molecular flexibility index (Phi) is 7.31. The van der Waals surface area contributed by atoms with Crippen molar-refractivity contribution in [3.8, 4) is 6.07 Å². The van der Waals surface area contributed by atoms with Gasteiger partial charge in [0.1, 0.15) is 42.3 Å². The average molecular weight is 559 g/mol. The Morgan fingerprint density at radius 2 is 1.90 bits per heavy atom. The second kappa shape index (κ2) is 9.97. The summed E-state index contributed by atoms with van der Waals surface area (Å²) in [7, 11) is -3.81. The Morgan fingerprint density at radius 3 is 2.44 bits per heavy atom. The Labute approximate surface area is 228 Å². The molecule has 0 bridgehead atoms. The summed E-state index contributed by atoms with van der Waals surface area (Å²) >= 11 is 0. The molecule has 11 nitrogen and oxygen atoms in total. The Bertz CT molecular complexity index is 1400. The molecule has 4 rings (SSSR count). The van der Waals surface area contributed by atoms with Gasteiger partial charge in [-0.1, -0.05) is 20.8 Å². The van der Waals surface area contributed by atoms with Gasteiger partial charge in [0.15, 0.2) is 14.6 Å². The number of fused-ring (bicyclic) bond motifs is 1. The van der Waals surface area contributed by atoms with Gasteiger partial charge in [0.05, 0.1) is 5.75 Å². The molecular formula is C26H35FN8O3S. The van der Waals surface area contributed by atoms with Crippen molar-refractivity contribution in [1.82, 2.24) is 14.9 Å². The summed E-state index contributed by atoms with van der Waals surface area (Å²) in [6.45, 7) is 9.46. The first-order valence-corrected chi connectivity index (χ1v) is 14.7. The number of alkyl halides is 1. The third kappa shape index (κ3) is 4.48. The van der Waals surface area contributed by atoms with Crippen LogP contribution in [0, 0.1) is 22.1 Å². The van der Waals surface area contributed by atoms with Crippen molar-refractivity contribution in [2.75, 3.05) is 41.9 Å². The van der Waals surface area contributed by atoms with E-state index >= 15 is 0 Å². The van der Waals surface area contributed by atoms with Crippen LogP contribution in [0.1, 0.15) is 53.0 Å². The number of piperazine rings is 1. The maximum atomic E-state index is 14.0. The molecule has 0 aliphatic carbocycles. The number of carbonyl (C=O) groups is 1. The molecule has 2 saturated heterocycles. The van der Waals surface area contributed by atoms with Crippen LogP contribution < -0.4 is 9.80 Å². The number of allylic oxidation sites excluding steroid dienone is 1. The third-order valence-electron chi connectivity index (χ3n) is 8.20. The van der Waals surface area contributed by atoms with Gasteiger partial charge >= 0.3 is 0 Å². The molecule has 0 aromatic carbocycles. The predicted octanol–water partition coefficient (Wildman–Crippen LogP) is 2.38. The van der Waals surface area contributed by atoms with Crippen LogP contribution in [0.4, 0.5) is 16.0 Å². The first-order valence-electron chi connectivity index (χ1n) is 13.0. The highest BCUT2D eigenvalue weighted by Crippen LogP contribution is 2.45. The van der Waals surface area contributed by atoms with E-state index in [1.807, 2.05) is 40.7 Å². The SMILES string of the molecule is CC/C(=C/C(=N)N1CC(C)(C)c2c1ncnc2N1C[C@@H](C)N(C(=O)[C@]2(CF)CCS2(=O)=O)C[C@@H]1C)C(=N)C#N. The van der Waals surface area contributed by atoms with Gasteiger partial charge in [-0.25, -0.2) is 22.8 Å². The van der Waals surface area contributed by atoms with E-state index in [0.29, 0.717) is 36.7 Å². The van der Waals surface area contributed by atoms with Crippen molar-refractivity contribution in [3.05, 3.63) is 23.5 Å². The molecule has 1 aromatic rings. The van der Waals surface area contributed by atoms with E-state index in [2.05, 4.69) is 14.9 Å². The maximum absolute atomic E-state index is 14.0. The van der Waals surface area contributed by atoms with Crippen LogP contribution in [-0.4, -0.2) is 89.6 Å². The van der Waals surface area contributed by atoms with Crippen molar-refractivity contribution >= 4 is 38.9 Å². The van der Waals surface area contributed by atoms with Crippen LogP contribution in [-0.2, 0) is 20.0 Å². The van der Waals surface area contributed by atoms with Gasteiger partial charge < -0.3 is 14.7 Å². The largest absolute Gasteiger partial charge is 0.350 e. The molecule has 2 N–H and O–H groups in total. The summed E-state index contributed by atoms with van der Waals surface area (Å²) in [5.41, 5.74) is 0.682. The number of nitrogens with one attached hydrogen (secondary N) is 2.